The number of amides is 1. The first-order valence-corrected chi connectivity index (χ1v) is 8.46. The highest BCUT2D eigenvalue weighted by Gasteiger charge is 2.32. The van der Waals surface area contributed by atoms with Crippen LogP contribution in [-0.2, 0) is 11.8 Å². The number of carbonyl (C=O) groups is 2. The lowest BCUT2D eigenvalue weighted by Gasteiger charge is -2.34. The van der Waals surface area contributed by atoms with Crippen molar-refractivity contribution in [3.8, 4) is 0 Å². The summed E-state index contributed by atoms with van der Waals surface area (Å²) in [6.07, 6.45) is 1.64. The average molecular weight is 345 g/mol. The van der Waals surface area contributed by atoms with E-state index >= 15 is 0 Å². The summed E-state index contributed by atoms with van der Waals surface area (Å²) in [7, 11) is 1.84. The number of hydrogen-bond donors (Lipinski definition) is 0. The third-order valence-corrected chi connectivity index (χ3v) is 4.43. The first-order valence-electron chi connectivity index (χ1n) is 8.46. The molecular weight excluding hydrogens is 322 g/mol. The van der Waals surface area contributed by atoms with E-state index in [9.17, 15) is 9.59 Å². The summed E-state index contributed by atoms with van der Waals surface area (Å²) in [5, 5.41) is 4.35. The molecule has 1 saturated heterocycles. The van der Waals surface area contributed by atoms with Gasteiger partial charge < -0.3 is 14.1 Å². The number of ketones is 1. The van der Waals surface area contributed by atoms with Gasteiger partial charge in [-0.3, -0.25) is 14.3 Å². The van der Waals surface area contributed by atoms with Crippen LogP contribution >= 0.6 is 0 Å². The van der Waals surface area contributed by atoms with Gasteiger partial charge in [0.15, 0.2) is 17.2 Å². The first-order chi connectivity index (χ1) is 12.0. The Bertz CT molecular complexity index is 748. The molecule has 1 amide bonds. The minimum Gasteiger partial charge on any atom is -0.461 e. The molecule has 7 nitrogen and oxygen atoms in total. The van der Waals surface area contributed by atoms with E-state index in [4.69, 9.17) is 9.15 Å². The second-order valence-electron chi connectivity index (χ2n) is 6.56. The number of rotatable bonds is 5. The smallest absolute Gasteiger partial charge is 0.274 e. The molecular formula is C18H23N3O4. The van der Waals surface area contributed by atoms with Crippen LogP contribution in [0.3, 0.4) is 0 Å². The van der Waals surface area contributed by atoms with Crippen LogP contribution in [-0.4, -0.2) is 52.2 Å². The summed E-state index contributed by atoms with van der Waals surface area (Å²) in [4.78, 5) is 26.9. The van der Waals surface area contributed by atoms with Crippen LogP contribution in [0, 0.1) is 0 Å². The van der Waals surface area contributed by atoms with E-state index in [2.05, 4.69) is 18.9 Å². The summed E-state index contributed by atoms with van der Waals surface area (Å²) in [5.74, 6) is 0.281. The number of ether oxygens (including phenoxy) is 1. The van der Waals surface area contributed by atoms with Gasteiger partial charge in [0.1, 0.15) is 0 Å². The summed E-state index contributed by atoms with van der Waals surface area (Å²) in [6, 6.07) is 4.82. The zero-order valence-corrected chi connectivity index (χ0v) is 14.8. The van der Waals surface area contributed by atoms with Gasteiger partial charge in [0, 0.05) is 25.7 Å². The SMILES string of the molecule is CC(C)c1cc(C(=O)N2CCOC[C@H]2CC(=O)c2ccco2)nn1C. The fourth-order valence-corrected chi connectivity index (χ4v) is 3.12. The molecule has 1 atom stereocenters. The van der Waals surface area contributed by atoms with Gasteiger partial charge in [0.2, 0.25) is 0 Å². The summed E-state index contributed by atoms with van der Waals surface area (Å²) >= 11 is 0. The number of morpholine rings is 1. The number of Topliss-reactive ketones (excluding diaryl/α,β-unsaturated/α-hetero) is 1. The maximum atomic E-state index is 12.9. The van der Waals surface area contributed by atoms with E-state index < -0.39 is 0 Å². The number of aryl methyl sites for hydroxylation is 1. The first kappa shape index (κ1) is 17.4. The van der Waals surface area contributed by atoms with Gasteiger partial charge in [-0.2, -0.15) is 5.10 Å². The third kappa shape index (κ3) is 3.66. The predicted molar refractivity (Wildman–Crippen MR) is 90.6 cm³/mol. The highest BCUT2D eigenvalue weighted by atomic mass is 16.5. The highest BCUT2D eigenvalue weighted by molar-refractivity contribution is 5.96. The molecule has 0 saturated carbocycles. The van der Waals surface area contributed by atoms with Crippen LogP contribution in [0.2, 0.25) is 0 Å². The van der Waals surface area contributed by atoms with E-state index in [-0.39, 0.29) is 30.1 Å². The predicted octanol–water partition coefficient (Wildman–Crippen LogP) is 2.25. The molecule has 0 aliphatic carbocycles. The monoisotopic (exact) mass is 345 g/mol. The minimum absolute atomic E-state index is 0.137. The highest BCUT2D eigenvalue weighted by Crippen LogP contribution is 2.20. The van der Waals surface area contributed by atoms with Crippen LogP contribution in [0.15, 0.2) is 28.9 Å². The van der Waals surface area contributed by atoms with Crippen molar-refractivity contribution in [3.05, 3.63) is 41.6 Å². The minimum atomic E-state index is -0.316. The maximum Gasteiger partial charge on any atom is 0.274 e. The Morgan fingerprint density at radius 2 is 2.20 bits per heavy atom. The molecule has 1 fully saturated rings. The average Bonchev–Trinajstić information content (AvgIpc) is 3.24. The van der Waals surface area contributed by atoms with Crippen molar-refractivity contribution in [2.75, 3.05) is 19.8 Å². The molecule has 1 aliphatic heterocycles. The van der Waals surface area contributed by atoms with Crippen LogP contribution in [0.25, 0.3) is 0 Å². The second kappa shape index (κ2) is 7.23. The Labute approximate surface area is 146 Å². The van der Waals surface area contributed by atoms with Crippen molar-refractivity contribution >= 4 is 11.7 Å². The Morgan fingerprint density at radius 3 is 2.84 bits per heavy atom. The van der Waals surface area contributed by atoms with E-state index in [0.29, 0.717) is 31.2 Å². The van der Waals surface area contributed by atoms with Crippen molar-refractivity contribution in [1.29, 1.82) is 0 Å². The zero-order valence-electron chi connectivity index (χ0n) is 14.8. The van der Waals surface area contributed by atoms with Gasteiger partial charge in [-0.25, -0.2) is 0 Å². The molecule has 3 heterocycles. The van der Waals surface area contributed by atoms with Gasteiger partial charge in [0.25, 0.3) is 5.91 Å². The zero-order chi connectivity index (χ0) is 18.0. The standard InChI is InChI=1S/C18H23N3O4/c1-12(2)15-10-14(19-20(15)3)18(23)21-6-8-24-11-13(21)9-16(22)17-5-4-7-25-17/h4-5,7,10,12-13H,6,8-9,11H2,1-3H3/t13-/m1/s1. The fourth-order valence-electron chi connectivity index (χ4n) is 3.12. The fraction of sp³-hybridized carbons (Fsp3) is 0.500. The number of hydrogen-bond acceptors (Lipinski definition) is 5. The van der Waals surface area contributed by atoms with E-state index in [1.165, 1.54) is 6.26 Å². The molecule has 2 aromatic rings. The van der Waals surface area contributed by atoms with Gasteiger partial charge in [0.05, 0.1) is 25.5 Å². The normalized spacial score (nSPS) is 17.9. The lowest BCUT2D eigenvalue weighted by atomic mass is 10.1. The van der Waals surface area contributed by atoms with Crippen LogP contribution in [0.4, 0.5) is 0 Å². The molecule has 0 unspecified atom stereocenters. The van der Waals surface area contributed by atoms with Crippen LogP contribution < -0.4 is 0 Å². The lowest BCUT2D eigenvalue weighted by Crippen LogP contribution is -2.49. The summed E-state index contributed by atoms with van der Waals surface area (Å²) in [6.45, 7) is 5.36. The van der Waals surface area contributed by atoms with Gasteiger partial charge in [-0.1, -0.05) is 13.8 Å². The molecule has 0 aromatic carbocycles. The third-order valence-electron chi connectivity index (χ3n) is 4.43. The maximum absolute atomic E-state index is 12.9. The molecule has 0 radical (unpaired) electrons. The molecule has 0 spiro atoms. The Hall–Kier alpha value is -2.41. The van der Waals surface area contributed by atoms with Gasteiger partial charge in [-0.05, 0) is 24.1 Å². The topological polar surface area (TPSA) is 77.6 Å². The van der Waals surface area contributed by atoms with E-state index in [1.807, 2.05) is 13.1 Å². The summed E-state index contributed by atoms with van der Waals surface area (Å²) < 4.78 is 12.4. The molecule has 0 bridgehead atoms. The van der Waals surface area contributed by atoms with Gasteiger partial charge >= 0.3 is 0 Å². The molecule has 2 aromatic heterocycles. The van der Waals surface area contributed by atoms with E-state index in [0.717, 1.165) is 5.69 Å². The molecule has 134 valence electrons. The Morgan fingerprint density at radius 1 is 1.40 bits per heavy atom. The Balaban J connectivity index is 1.77. The quantitative estimate of drug-likeness (QED) is 0.777. The second-order valence-corrected chi connectivity index (χ2v) is 6.56. The Kier molecular flexibility index (Phi) is 5.03. The van der Waals surface area contributed by atoms with Crippen LogP contribution in [0.1, 0.15) is 52.9 Å². The molecule has 7 heteroatoms. The lowest BCUT2D eigenvalue weighted by molar-refractivity contribution is -0.00336. The number of furan rings is 1. The number of carbonyl (C=O) groups excluding carboxylic acids is 2. The van der Waals surface area contributed by atoms with Crippen molar-refractivity contribution in [3.63, 3.8) is 0 Å². The van der Waals surface area contributed by atoms with Gasteiger partial charge in [-0.15, -0.1) is 0 Å². The van der Waals surface area contributed by atoms with E-state index in [1.54, 1.807) is 21.7 Å². The molecule has 25 heavy (non-hydrogen) atoms. The number of aromatic nitrogens is 2. The largest absolute Gasteiger partial charge is 0.461 e. The van der Waals surface area contributed by atoms with Crippen molar-refractivity contribution in [2.45, 2.75) is 32.2 Å². The van der Waals surface area contributed by atoms with Crippen molar-refractivity contribution in [2.24, 2.45) is 7.05 Å². The molecule has 0 N–H and O–H groups in total. The summed E-state index contributed by atoms with van der Waals surface area (Å²) in [5.41, 5.74) is 1.41. The number of nitrogens with zero attached hydrogens (tertiary/aromatic N) is 3. The van der Waals surface area contributed by atoms with Crippen molar-refractivity contribution in [1.82, 2.24) is 14.7 Å². The van der Waals surface area contributed by atoms with Crippen LogP contribution in [0.5, 0.6) is 0 Å². The van der Waals surface area contributed by atoms with Crippen molar-refractivity contribution < 1.29 is 18.7 Å². The molecule has 3 rings (SSSR count). The molecule has 1 aliphatic rings.